The predicted molar refractivity (Wildman–Crippen MR) is 69.0 cm³/mol. The molecule has 0 radical (unpaired) electrons. The SMILES string of the molecule is O=S1(=O)C=CC(n2c(=S)[nH]c3ccc(F)cc32)C1. The molecule has 3 rings (SSSR count). The minimum absolute atomic E-state index is 0.0369. The molecule has 1 aromatic carbocycles. The van der Waals surface area contributed by atoms with Gasteiger partial charge in [-0.05, 0) is 36.5 Å². The summed E-state index contributed by atoms with van der Waals surface area (Å²) < 4.78 is 38.2. The molecular weight excluding hydrogens is 275 g/mol. The number of hydrogen-bond acceptors (Lipinski definition) is 3. The van der Waals surface area contributed by atoms with Crippen LogP contribution in [0.4, 0.5) is 4.39 Å². The molecule has 1 aliphatic rings. The van der Waals surface area contributed by atoms with Crippen molar-refractivity contribution in [3.8, 4) is 0 Å². The highest BCUT2D eigenvalue weighted by molar-refractivity contribution is 7.94. The van der Waals surface area contributed by atoms with Crippen LogP contribution in [0.3, 0.4) is 0 Å². The molecule has 0 saturated carbocycles. The Morgan fingerprint density at radius 2 is 2.22 bits per heavy atom. The largest absolute Gasteiger partial charge is 0.331 e. The number of hydrogen-bond donors (Lipinski definition) is 1. The van der Waals surface area contributed by atoms with E-state index in [1.165, 1.54) is 17.5 Å². The molecule has 4 nitrogen and oxygen atoms in total. The quantitative estimate of drug-likeness (QED) is 0.818. The zero-order chi connectivity index (χ0) is 12.9. The number of allylic oxidation sites excluding steroid dienone is 1. The first-order chi connectivity index (χ1) is 8.46. The van der Waals surface area contributed by atoms with Crippen molar-refractivity contribution in [1.82, 2.24) is 9.55 Å². The third-order valence-electron chi connectivity index (χ3n) is 2.92. The van der Waals surface area contributed by atoms with Gasteiger partial charge in [-0.1, -0.05) is 0 Å². The molecule has 0 aliphatic carbocycles. The van der Waals surface area contributed by atoms with Crippen molar-refractivity contribution in [2.24, 2.45) is 0 Å². The van der Waals surface area contributed by atoms with E-state index in [1.807, 2.05) is 0 Å². The van der Waals surface area contributed by atoms with Gasteiger partial charge in [0.05, 0.1) is 22.8 Å². The van der Waals surface area contributed by atoms with Gasteiger partial charge in [-0.15, -0.1) is 0 Å². The molecule has 2 aromatic rings. The first kappa shape index (κ1) is 11.6. The van der Waals surface area contributed by atoms with Crippen molar-refractivity contribution in [2.45, 2.75) is 6.04 Å². The normalized spacial score (nSPS) is 21.7. The van der Waals surface area contributed by atoms with E-state index < -0.39 is 9.84 Å². The Kier molecular flexibility index (Phi) is 2.43. The molecule has 1 aromatic heterocycles. The summed E-state index contributed by atoms with van der Waals surface area (Å²) >= 11 is 5.16. The van der Waals surface area contributed by atoms with E-state index in [9.17, 15) is 12.8 Å². The molecule has 18 heavy (non-hydrogen) atoms. The van der Waals surface area contributed by atoms with Gasteiger partial charge in [0.1, 0.15) is 5.82 Å². The van der Waals surface area contributed by atoms with Gasteiger partial charge in [0.25, 0.3) is 0 Å². The summed E-state index contributed by atoms with van der Waals surface area (Å²) in [6.45, 7) is 0. The smallest absolute Gasteiger partial charge is 0.178 e. The molecule has 0 fully saturated rings. The standard InChI is InChI=1S/C11H9FN2O2S2/c12-7-1-2-9-10(5-7)14(11(17)13-9)8-3-4-18(15,16)6-8/h1-5,8H,6H2,(H,13,17). The summed E-state index contributed by atoms with van der Waals surface area (Å²) in [6.07, 6.45) is 1.57. The highest BCUT2D eigenvalue weighted by Gasteiger charge is 2.25. The molecule has 2 heterocycles. The third-order valence-corrected chi connectivity index (χ3v) is 4.60. The lowest BCUT2D eigenvalue weighted by atomic mass is 10.2. The van der Waals surface area contributed by atoms with Gasteiger partial charge < -0.3 is 9.55 Å². The Hall–Kier alpha value is -1.47. The van der Waals surface area contributed by atoms with Gasteiger partial charge in [0, 0.05) is 5.41 Å². The van der Waals surface area contributed by atoms with Gasteiger partial charge in [0.15, 0.2) is 14.6 Å². The van der Waals surface area contributed by atoms with Gasteiger partial charge in [-0.25, -0.2) is 12.8 Å². The molecule has 1 unspecified atom stereocenters. The van der Waals surface area contributed by atoms with Crippen molar-refractivity contribution in [3.05, 3.63) is 40.3 Å². The molecule has 0 saturated heterocycles. The van der Waals surface area contributed by atoms with Crippen molar-refractivity contribution in [1.29, 1.82) is 0 Å². The van der Waals surface area contributed by atoms with Crippen molar-refractivity contribution >= 4 is 33.1 Å². The van der Waals surface area contributed by atoms with Crippen LogP contribution >= 0.6 is 12.2 Å². The van der Waals surface area contributed by atoms with E-state index in [0.29, 0.717) is 15.8 Å². The van der Waals surface area contributed by atoms with Gasteiger partial charge >= 0.3 is 0 Å². The number of nitrogens with one attached hydrogen (secondary N) is 1. The second-order valence-corrected chi connectivity index (χ2v) is 6.50. The van der Waals surface area contributed by atoms with E-state index in [4.69, 9.17) is 12.2 Å². The lowest BCUT2D eigenvalue weighted by Crippen LogP contribution is -2.11. The zero-order valence-electron chi connectivity index (χ0n) is 9.13. The fourth-order valence-electron chi connectivity index (χ4n) is 2.14. The zero-order valence-corrected chi connectivity index (χ0v) is 10.8. The summed E-state index contributed by atoms with van der Waals surface area (Å²) in [5, 5.41) is 1.18. The Labute approximate surface area is 108 Å². The molecule has 1 aliphatic heterocycles. The second-order valence-electron chi connectivity index (χ2n) is 4.19. The van der Waals surface area contributed by atoms with Crippen LogP contribution in [0.2, 0.25) is 0 Å². The summed E-state index contributed by atoms with van der Waals surface area (Å²) in [7, 11) is -3.17. The summed E-state index contributed by atoms with van der Waals surface area (Å²) in [4.78, 5) is 2.94. The number of aromatic amines is 1. The Morgan fingerprint density at radius 3 is 2.89 bits per heavy atom. The van der Waals surface area contributed by atoms with Crippen molar-refractivity contribution in [3.63, 3.8) is 0 Å². The van der Waals surface area contributed by atoms with Gasteiger partial charge in [-0.3, -0.25) is 0 Å². The maximum Gasteiger partial charge on any atom is 0.178 e. The van der Waals surface area contributed by atoms with Crippen LogP contribution in [0, 0.1) is 10.6 Å². The number of benzene rings is 1. The van der Waals surface area contributed by atoms with Crippen LogP contribution in [-0.4, -0.2) is 23.7 Å². The molecule has 0 bridgehead atoms. The first-order valence-corrected chi connectivity index (χ1v) is 7.39. The number of fused-ring (bicyclic) bond motifs is 1. The van der Waals surface area contributed by atoms with Crippen molar-refractivity contribution < 1.29 is 12.8 Å². The van der Waals surface area contributed by atoms with E-state index in [2.05, 4.69) is 4.98 Å². The predicted octanol–water partition coefficient (Wildman–Crippen LogP) is 2.32. The molecule has 94 valence electrons. The number of H-pyrrole nitrogens is 1. The van der Waals surface area contributed by atoms with Crippen LogP contribution in [0.15, 0.2) is 29.7 Å². The first-order valence-electron chi connectivity index (χ1n) is 5.27. The van der Waals surface area contributed by atoms with Gasteiger partial charge in [-0.2, -0.15) is 0 Å². The highest BCUT2D eigenvalue weighted by atomic mass is 32.2. The van der Waals surface area contributed by atoms with E-state index in [-0.39, 0.29) is 17.6 Å². The summed E-state index contributed by atoms with van der Waals surface area (Å²) in [6, 6.07) is 3.89. The van der Waals surface area contributed by atoms with Crippen LogP contribution in [0.1, 0.15) is 6.04 Å². The van der Waals surface area contributed by atoms with E-state index in [1.54, 1.807) is 16.7 Å². The highest BCUT2D eigenvalue weighted by Crippen LogP contribution is 2.26. The number of sulfone groups is 1. The molecule has 7 heteroatoms. The van der Waals surface area contributed by atoms with Crippen LogP contribution in [-0.2, 0) is 9.84 Å². The lowest BCUT2D eigenvalue weighted by Gasteiger charge is -2.10. The Morgan fingerprint density at radius 1 is 1.44 bits per heavy atom. The third kappa shape index (κ3) is 1.79. The van der Waals surface area contributed by atoms with Crippen LogP contribution < -0.4 is 0 Å². The van der Waals surface area contributed by atoms with Crippen molar-refractivity contribution in [2.75, 3.05) is 5.75 Å². The number of imidazole rings is 1. The fourth-order valence-corrected chi connectivity index (χ4v) is 3.76. The Bertz CT molecular complexity index is 817. The maximum absolute atomic E-state index is 13.3. The molecule has 0 spiro atoms. The molecular formula is C11H9FN2O2S2. The maximum atomic E-state index is 13.3. The van der Waals surface area contributed by atoms with Crippen LogP contribution in [0.5, 0.6) is 0 Å². The number of rotatable bonds is 1. The topological polar surface area (TPSA) is 54.9 Å². The van der Waals surface area contributed by atoms with Crippen LogP contribution in [0.25, 0.3) is 11.0 Å². The molecule has 0 amide bonds. The number of nitrogens with zero attached hydrogens (tertiary/aromatic N) is 1. The Balaban J connectivity index is 2.24. The number of halogens is 1. The molecule has 1 atom stereocenters. The lowest BCUT2D eigenvalue weighted by molar-refractivity contribution is 0.594. The minimum Gasteiger partial charge on any atom is -0.331 e. The minimum atomic E-state index is -3.17. The van der Waals surface area contributed by atoms with E-state index >= 15 is 0 Å². The molecule has 1 N–H and O–H groups in total. The average Bonchev–Trinajstić information content (AvgIpc) is 2.77. The number of aromatic nitrogens is 2. The summed E-state index contributed by atoms with van der Waals surface area (Å²) in [5.74, 6) is -0.416. The van der Waals surface area contributed by atoms with Gasteiger partial charge in [0.2, 0.25) is 0 Å². The summed E-state index contributed by atoms with van der Waals surface area (Å²) in [5.41, 5.74) is 1.27. The monoisotopic (exact) mass is 284 g/mol. The fraction of sp³-hybridized carbons (Fsp3) is 0.182. The average molecular weight is 284 g/mol. The van der Waals surface area contributed by atoms with E-state index in [0.717, 1.165) is 0 Å². The second kappa shape index (κ2) is 3.76.